The van der Waals surface area contributed by atoms with Gasteiger partial charge in [-0.05, 0) is 12.1 Å². The molecule has 2 aromatic heterocycles. The van der Waals surface area contributed by atoms with Crippen LogP contribution in [0.4, 0.5) is 0 Å². The molecule has 0 aliphatic carbocycles. The van der Waals surface area contributed by atoms with E-state index in [1.54, 1.807) is 18.5 Å². The third-order valence-corrected chi connectivity index (χ3v) is 2.85. The molecule has 0 atom stereocenters. The number of benzene rings is 1. The smallest absolute Gasteiger partial charge is 0.229 e. The first kappa shape index (κ1) is 11.0. The van der Waals surface area contributed by atoms with Gasteiger partial charge >= 0.3 is 0 Å². The lowest BCUT2D eigenvalue weighted by molar-refractivity contribution is 0.588. The van der Waals surface area contributed by atoms with Gasteiger partial charge in [-0.15, -0.1) is 0 Å². The van der Waals surface area contributed by atoms with Crippen molar-refractivity contribution in [1.82, 2.24) is 9.97 Å². The SMILES string of the molecule is Clc1ncccc1-c1ncc(-c2ccccc2)o1. The Kier molecular flexibility index (Phi) is 2.82. The fourth-order valence-electron chi connectivity index (χ4n) is 1.68. The summed E-state index contributed by atoms with van der Waals surface area (Å²) in [6.07, 6.45) is 3.32. The third kappa shape index (κ3) is 2.00. The summed E-state index contributed by atoms with van der Waals surface area (Å²) in [6, 6.07) is 13.4. The zero-order chi connectivity index (χ0) is 12.4. The Labute approximate surface area is 109 Å². The van der Waals surface area contributed by atoms with Gasteiger partial charge in [0, 0.05) is 11.8 Å². The highest BCUT2D eigenvalue weighted by atomic mass is 35.5. The molecule has 0 spiro atoms. The maximum absolute atomic E-state index is 6.00. The third-order valence-electron chi connectivity index (χ3n) is 2.55. The van der Waals surface area contributed by atoms with Crippen molar-refractivity contribution in [2.75, 3.05) is 0 Å². The molecule has 0 saturated heterocycles. The molecule has 3 nitrogen and oxygen atoms in total. The molecule has 0 fully saturated rings. The standard InChI is InChI=1S/C14H9ClN2O/c15-13-11(7-4-8-16-13)14-17-9-12(18-14)10-5-2-1-3-6-10/h1-9H. The first-order valence-electron chi connectivity index (χ1n) is 5.47. The molecule has 0 aliphatic heterocycles. The van der Waals surface area contributed by atoms with Crippen molar-refractivity contribution in [2.24, 2.45) is 0 Å². The van der Waals surface area contributed by atoms with Gasteiger partial charge in [0.25, 0.3) is 0 Å². The number of nitrogens with zero attached hydrogens (tertiary/aromatic N) is 2. The van der Waals surface area contributed by atoms with Crippen LogP contribution in [0, 0.1) is 0 Å². The van der Waals surface area contributed by atoms with Crippen LogP contribution in [0.2, 0.25) is 5.15 Å². The van der Waals surface area contributed by atoms with E-state index in [0.717, 1.165) is 5.56 Å². The summed E-state index contributed by atoms with van der Waals surface area (Å²) in [4.78, 5) is 8.24. The molecule has 0 radical (unpaired) electrons. The highest BCUT2D eigenvalue weighted by Crippen LogP contribution is 2.28. The molecule has 88 valence electrons. The van der Waals surface area contributed by atoms with E-state index in [0.29, 0.717) is 22.4 Å². The van der Waals surface area contributed by atoms with E-state index in [2.05, 4.69) is 9.97 Å². The number of halogens is 1. The quantitative estimate of drug-likeness (QED) is 0.649. The van der Waals surface area contributed by atoms with Gasteiger partial charge in [0.2, 0.25) is 5.89 Å². The summed E-state index contributed by atoms with van der Waals surface area (Å²) in [5, 5.41) is 0.388. The molecular formula is C14H9ClN2O. The van der Waals surface area contributed by atoms with Crippen molar-refractivity contribution in [2.45, 2.75) is 0 Å². The lowest BCUT2D eigenvalue weighted by Gasteiger charge is -1.97. The van der Waals surface area contributed by atoms with Crippen molar-refractivity contribution in [3.8, 4) is 22.8 Å². The lowest BCUT2D eigenvalue weighted by atomic mass is 10.2. The average molecular weight is 257 g/mol. The average Bonchev–Trinajstić information content (AvgIpc) is 2.90. The Morgan fingerprint density at radius 2 is 1.78 bits per heavy atom. The molecule has 1 aromatic carbocycles. The number of rotatable bonds is 2. The van der Waals surface area contributed by atoms with Crippen molar-refractivity contribution in [1.29, 1.82) is 0 Å². The van der Waals surface area contributed by atoms with Gasteiger partial charge in [0.15, 0.2) is 5.76 Å². The first-order chi connectivity index (χ1) is 8.84. The molecule has 3 rings (SSSR count). The minimum absolute atomic E-state index is 0.388. The van der Waals surface area contributed by atoms with Gasteiger partial charge in [-0.1, -0.05) is 41.9 Å². The Morgan fingerprint density at radius 1 is 0.944 bits per heavy atom. The maximum Gasteiger partial charge on any atom is 0.229 e. The zero-order valence-electron chi connectivity index (χ0n) is 9.38. The van der Waals surface area contributed by atoms with Gasteiger partial charge < -0.3 is 4.42 Å². The van der Waals surface area contributed by atoms with Crippen LogP contribution in [0.1, 0.15) is 0 Å². The van der Waals surface area contributed by atoms with Crippen molar-refractivity contribution >= 4 is 11.6 Å². The Bertz CT molecular complexity index is 664. The number of pyridine rings is 1. The van der Waals surface area contributed by atoms with Crippen LogP contribution in [0.25, 0.3) is 22.8 Å². The lowest BCUT2D eigenvalue weighted by Crippen LogP contribution is -1.81. The van der Waals surface area contributed by atoms with E-state index in [-0.39, 0.29) is 0 Å². The Morgan fingerprint density at radius 3 is 2.56 bits per heavy atom. The van der Waals surface area contributed by atoms with Crippen LogP contribution in [0.3, 0.4) is 0 Å². The van der Waals surface area contributed by atoms with Crippen molar-refractivity contribution < 1.29 is 4.42 Å². The van der Waals surface area contributed by atoms with Gasteiger partial charge in [0.1, 0.15) is 5.15 Å². The highest BCUT2D eigenvalue weighted by Gasteiger charge is 2.11. The first-order valence-corrected chi connectivity index (χ1v) is 5.84. The largest absolute Gasteiger partial charge is 0.436 e. The van der Waals surface area contributed by atoms with E-state index in [1.165, 1.54) is 0 Å². The Hall–Kier alpha value is -2.13. The van der Waals surface area contributed by atoms with Crippen molar-refractivity contribution in [3.63, 3.8) is 0 Å². The summed E-state index contributed by atoms with van der Waals surface area (Å²) in [6.45, 7) is 0. The van der Waals surface area contributed by atoms with Gasteiger partial charge in [-0.3, -0.25) is 0 Å². The van der Waals surface area contributed by atoms with Gasteiger partial charge in [0.05, 0.1) is 11.8 Å². The fraction of sp³-hybridized carbons (Fsp3) is 0. The molecule has 0 aliphatic rings. The number of oxazole rings is 1. The number of hydrogen-bond donors (Lipinski definition) is 0. The van der Waals surface area contributed by atoms with Crippen LogP contribution in [0.15, 0.2) is 59.3 Å². The number of hydrogen-bond acceptors (Lipinski definition) is 3. The predicted molar refractivity (Wildman–Crippen MR) is 70.2 cm³/mol. The molecule has 18 heavy (non-hydrogen) atoms. The summed E-state index contributed by atoms with van der Waals surface area (Å²) >= 11 is 6.00. The Balaban J connectivity index is 2.03. The van der Waals surface area contributed by atoms with Crippen LogP contribution >= 0.6 is 11.6 Å². The van der Waals surface area contributed by atoms with E-state index in [9.17, 15) is 0 Å². The van der Waals surface area contributed by atoms with Crippen LogP contribution in [-0.2, 0) is 0 Å². The van der Waals surface area contributed by atoms with E-state index in [4.69, 9.17) is 16.0 Å². The summed E-state index contributed by atoms with van der Waals surface area (Å²) in [5.41, 5.74) is 1.68. The minimum Gasteiger partial charge on any atom is -0.436 e. The molecule has 0 bridgehead atoms. The summed E-state index contributed by atoms with van der Waals surface area (Å²) < 4.78 is 5.70. The molecule has 0 unspecified atom stereocenters. The molecule has 0 amide bonds. The molecule has 0 N–H and O–H groups in total. The zero-order valence-corrected chi connectivity index (χ0v) is 10.1. The maximum atomic E-state index is 6.00. The second-order valence-corrected chi connectivity index (χ2v) is 4.10. The van der Waals surface area contributed by atoms with E-state index >= 15 is 0 Å². The topological polar surface area (TPSA) is 38.9 Å². The van der Waals surface area contributed by atoms with E-state index in [1.807, 2.05) is 36.4 Å². The van der Waals surface area contributed by atoms with Crippen molar-refractivity contribution in [3.05, 3.63) is 60.0 Å². The second-order valence-electron chi connectivity index (χ2n) is 3.74. The predicted octanol–water partition coefficient (Wildman–Crippen LogP) is 4.06. The second kappa shape index (κ2) is 4.63. The van der Waals surface area contributed by atoms with Crippen LogP contribution in [0.5, 0.6) is 0 Å². The highest BCUT2D eigenvalue weighted by molar-refractivity contribution is 6.31. The van der Waals surface area contributed by atoms with Gasteiger partial charge in [-0.25, -0.2) is 9.97 Å². The molecule has 2 heterocycles. The van der Waals surface area contributed by atoms with E-state index < -0.39 is 0 Å². The molecule has 0 saturated carbocycles. The summed E-state index contributed by atoms with van der Waals surface area (Å²) in [7, 11) is 0. The monoisotopic (exact) mass is 256 g/mol. The molecule has 4 heteroatoms. The molecular weight excluding hydrogens is 248 g/mol. The normalized spacial score (nSPS) is 10.5. The van der Waals surface area contributed by atoms with Gasteiger partial charge in [-0.2, -0.15) is 0 Å². The van der Waals surface area contributed by atoms with Crippen LogP contribution in [-0.4, -0.2) is 9.97 Å². The van der Waals surface area contributed by atoms with Crippen LogP contribution < -0.4 is 0 Å². The minimum atomic E-state index is 0.388. The molecule has 3 aromatic rings. The fourth-order valence-corrected chi connectivity index (χ4v) is 1.88. The summed E-state index contributed by atoms with van der Waals surface area (Å²) in [5.74, 6) is 1.19. The number of aromatic nitrogens is 2.